The van der Waals surface area contributed by atoms with Crippen LogP contribution in [0.5, 0.6) is 0 Å². The maximum atomic E-state index is 5.95. The lowest BCUT2D eigenvalue weighted by Crippen LogP contribution is -2.17. The van der Waals surface area contributed by atoms with E-state index < -0.39 is 0 Å². The number of fused-ring (bicyclic) bond motifs is 2. The van der Waals surface area contributed by atoms with E-state index in [1.165, 1.54) is 29.4 Å². The smallest absolute Gasteiger partial charge is 0.227 e. The number of aromatic amines is 1. The van der Waals surface area contributed by atoms with Gasteiger partial charge < -0.3 is 23.6 Å². The third kappa shape index (κ3) is 22.4. The number of nitrogens with one attached hydrogen (secondary N) is 2. The molecule has 12 nitrogen and oxygen atoms in total. The molecule has 6 aromatic heterocycles. The van der Waals surface area contributed by atoms with E-state index in [0.29, 0.717) is 29.8 Å². The third-order valence-electron chi connectivity index (χ3n) is 21.6. The summed E-state index contributed by atoms with van der Waals surface area (Å²) in [6.45, 7) is 0. The second-order valence-corrected chi connectivity index (χ2v) is 30.3. The van der Waals surface area contributed by atoms with Crippen LogP contribution in [0.3, 0.4) is 0 Å². The topological polar surface area (TPSA) is 157 Å². The Balaban J connectivity index is 0.000000106. The zero-order chi connectivity index (χ0) is 87.1. The molecule has 0 saturated carbocycles. The highest BCUT2D eigenvalue weighted by Crippen LogP contribution is 2.37. The summed E-state index contributed by atoms with van der Waals surface area (Å²) in [4.78, 5) is 35.3. The van der Waals surface area contributed by atoms with E-state index in [-0.39, 0.29) is 0 Å². The van der Waals surface area contributed by atoms with E-state index in [1.807, 2.05) is 322 Å². The molecule has 23 rings (SSSR count). The molecule has 0 aliphatic carbocycles. The van der Waals surface area contributed by atoms with Gasteiger partial charge in [-0.15, -0.1) is 0 Å². The zero-order valence-corrected chi connectivity index (χ0v) is 70.8. The fraction of sp³-hybridized carbons (Fsp3) is 0.0342. The molecule has 0 radical (unpaired) electrons. The average Bonchev–Trinajstić information content (AvgIpc) is 1.69. The number of rotatable bonds is 14. The molecule has 16 aromatic carbocycles. The van der Waals surface area contributed by atoms with Gasteiger partial charge in [0.25, 0.3) is 0 Å². The number of aromatic nitrogens is 8. The number of pyridine rings is 1. The monoisotopic (exact) mass is 1670 g/mol. The molecule has 129 heavy (non-hydrogen) atoms. The lowest BCUT2D eigenvalue weighted by atomic mass is 10.0. The molecule has 1 saturated heterocycles. The standard InChI is InChI=1S/C20H14N2.C19H13NO.C17H13N.C16H17N.C15H12N2.2C15H11NO/c1-3-9-15(10-4-1)19-20(16-11-5-2-6-12-16)22-18-14-8-7-13-17(18)21-19;1-2-8-15(9-3-1)18-13-20-19(21-18)17-12-6-10-14-7-4-5-11-16(14)17;1-3-8-14(9-4-1)16-12-7-13-17(18-16)15-10-5-2-6-11-15;1-3-7-13(8-4-1)15-11-12-16(17-15)14-9-5-2-6-10-14;1-3-7-12(8-4-1)14-15(17-11-16-14)13-9-5-2-6-10-13;1-3-7-12(8-4-1)14-11-17-15(16-14)13-9-5-2-6-10-13;1-3-7-12(8-4-1)14-11-16-15(17-14)13-9-5-2-6-10-13/h1-14H;1-13H;1-13H;1-10,15-17H,11-12H2;1-11H,(H,16,17);2*1-11H. The highest BCUT2D eigenvalue weighted by atomic mass is 16.4. The molecule has 1 fully saturated rings. The molecule has 0 spiro atoms. The number of imidazole rings is 1. The Labute approximate surface area is 751 Å². The minimum atomic E-state index is 0.515. The normalized spacial score (nSPS) is 12.2. The van der Waals surface area contributed by atoms with Crippen molar-refractivity contribution in [2.24, 2.45) is 0 Å². The van der Waals surface area contributed by atoms with Crippen molar-refractivity contribution in [2.45, 2.75) is 24.9 Å². The molecule has 2 unspecified atom stereocenters. The van der Waals surface area contributed by atoms with Crippen molar-refractivity contribution in [3.63, 3.8) is 0 Å². The van der Waals surface area contributed by atoms with Crippen molar-refractivity contribution in [3.05, 3.63) is 515 Å². The molecule has 2 N–H and O–H groups in total. The molecule has 1 aliphatic heterocycles. The fourth-order valence-corrected chi connectivity index (χ4v) is 15.1. The first-order valence-corrected chi connectivity index (χ1v) is 43.1. The van der Waals surface area contributed by atoms with Gasteiger partial charge in [-0.1, -0.05) is 425 Å². The number of para-hydroxylation sites is 2. The van der Waals surface area contributed by atoms with Gasteiger partial charge in [-0.05, 0) is 89.3 Å². The van der Waals surface area contributed by atoms with Crippen LogP contribution in [-0.4, -0.2) is 39.9 Å². The average molecular weight is 1670 g/mol. The first-order chi connectivity index (χ1) is 64.0. The number of benzene rings is 16. The molecular formula is C117H91N9O3. The predicted octanol–water partition coefficient (Wildman–Crippen LogP) is 30.2. The maximum absolute atomic E-state index is 5.95. The van der Waals surface area contributed by atoms with Gasteiger partial charge in [0.05, 0.1) is 63.9 Å². The Bertz CT molecular complexity index is 6650. The Morgan fingerprint density at radius 3 is 1.02 bits per heavy atom. The van der Waals surface area contributed by atoms with Gasteiger partial charge in [0, 0.05) is 78.8 Å². The van der Waals surface area contributed by atoms with Gasteiger partial charge in [-0.25, -0.2) is 34.9 Å². The van der Waals surface area contributed by atoms with Gasteiger partial charge in [0.2, 0.25) is 17.7 Å². The summed E-state index contributed by atoms with van der Waals surface area (Å²) in [5.41, 5.74) is 24.4. The van der Waals surface area contributed by atoms with Gasteiger partial charge >= 0.3 is 0 Å². The second-order valence-electron chi connectivity index (χ2n) is 30.3. The van der Waals surface area contributed by atoms with E-state index >= 15 is 0 Å². The van der Waals surface area contributed by atoms with Crippen molar-refractivity contribution >= 4 is 21.8 Å². The fourth-order valence-electron chi connectivity index (χ4n) is 15.1. The van der Waals surface area contributed by atoms with Crippen LogP contribution in [0.1, 0.15) is 36.1 Å². The lowest BCUT2D eigenvalue weighted by Gasteiger charge is -2.14. The Hall–Kier alpha value is -16.9. The van der Waals surface area contributed by atoms with Gasteiger partial charge in [0.15, 0.2) is 11.5 Å². The Kier molecular flexibility index (Phi) is 28.4. The SMILES string of the molecule is c1ccc(-c2cccc(-c3ccccc3)n2)cc1.c1ccc(-c2cnc(-c3cccc4ccccc34)o2)cc1.c1ccc(-c2cnc(-c3ccccc3)o2)cc1.c1ccc(-c2coc(-c3ccccc3)n2)cc1.c1ccc(-c2nc3ccccc3nc2-c2ccccc2)cc1.c1ccc(-c2nc[nH]c2-c2ccccc2)cc1.c1ccc(C2CCC(c3ccccc3)N2)cc1. The summed E-state index contributed by atoms with van der Waals surface area (Å²) in [5.74, 6) is 3.56. The van der Waals surface area contributed by atoms with Gasteiger partial charge in [-0.2, -0.15) is 0 Å². The molecule has 622 valence electrons. The summed E-state index contributed by atoms with van der Waals surface area (Å²) in [5, 5.41) is 6.07. The molecule has 2 atom stereocenters. The van der Waals surface area contributed by atoms with Crippen LogP contribution in [0.2, 0.25) is 0 Å². The molecular weight excluding hydrogens is 1580 g/mol. The van der Waals surface area contributed by atoms with Crippen LogP contribution in [0.15, 0.2) is 517 Å². The number of oxazole rings is 3. The van der Waals surface area contributed by atoms with Gasteiger partial charge in [-0.3, -0.25) is 0 Å². The summed E-state index contributed by atoms with van der Waals surface area (Å²) < 4.78 is 17.2. The Morgan fingerprint density at radius 2 is 0.574 bits per heavy atom. The molecule has 0 amide bonds. The highest BCUT2D eigenvalue weighted by Gasteiger charge is 2.26. The van der Waals surface area contributed by atoms with E-state index in [2.05, 4.69) is 188 Å². The molecule has 0 bridgehead atoms. The number of nitrogens with zero attached hydrogens (tertiary/aromatic N) is 7. The molecule has 7 heterocycles. The summed E-state index contributed by atoms with van der Waals surface area (Å²) >= 11 is 0. The molecule has 1 aliphatic rings. The Morgan fingerprint density at radius 1 is 0.240 bits per heavy atom. The van der Waals surface area contributed by atoms with Crippen molar-refractivity contribution in [1.29, 1.82) is 0 Å². The van der Waals surface area contributed by atoms with Crippen molar-refractivity contribution in [1.82, 2.24) is 45.2 Å². The van der Waals surface area contributed by atoms with E-state index in [4.69, 9.17) is 28.2 Å². The summed E-state index contributed by atoms with van der Waals surface area (Å²) in [7, 11) is 0. The summed E-state index contributed by atoms with van der Waals surface area (Å²) in [6.07, 6.45) is 9.43. The van der Waals surface area contributed by atoms with Crippen LogP contribution in [0, 0.1) is 0 Å². The van der Waals surface area contributed by atoms with Crippen molar-refractivity contribution in [2.75, 3.05) is 0 Å². The predicted molar refractivity (Wildman–Crippen MR) is 525 cm³/mol. The zero-order valence-electron chi connectivity index (χ0n) is 70.8. The minimum Gasteiger partial charge on any atom is -0.444 e. The summed E-state index contributed by atoms with van der Waals surface area (Å²) in [6, 6.07) is 162. The first-order valence-electron chi connectivity index (χ1n) is 43.1. The largest absolute Gasteiger partial charge is 0.444 e. The highest BCUT2D eigenvalue weighted by molar-refractivity contribution is 5.95. The second kappa shape index (κ2) is 43.4. The molecule has 22 aromatic rings. The van der Waals surface area contributed by atoms with Crippen LogP contribution < -0.4 is 5.32 Å². The lowest BCUT2D eigenvalue weighted by molar-refractivity contribution is 0.574. The van der Waals surface area contributed by atoms with Gasteiger partial charge in [0.1, 0.15) is 12.0 Å². The quantitative estimate of drug-likeness (QED) is 0.107. The number of H-pyrrole nitrogens is 1. The van der Waals surface area contributed by atoms with E-state index in [1.54, 1.807) is 25.0 Å². The van der Waals surface area contributed by atoms with Crippen molar-refractivity contribution < 1.29 is 13.3 Å². The van der Waals surface area contributed by atoms with Crippen molar-refractivity contribution in [3.8, 4) is 136 Å². The number of hydrogen-bond donors (Lipinski definition) is 2. The maximum Gasteiger partial charge on any atom is 0.227 e. The van der Waals surface area contributed by atoms with E-state index in [0.717, 1.165) is 135 Å². The first kappa shape index (κ1) is 84.3. The minimum absolute atomic E-state index is 0.515. The number of hydrogen-bond acceptors (Lipinski definition) is 11. The van der Waals surface area contributed by atoms with Crippen LogP contribution in [-0.2, 0) is 0 Å². The van der Waals surface area contributed by atoms with Crippen LogP contribution in [0.25, 0.3) is 158 Å². The van der Waals surface area contributed by atoms with Crippen LogP contribution in [0.4, 0.5) is 0 Å². The van der Waals surface area contributed by atoms with Crippen LogP contribution >= 0.6 is 0 Å². The molecule has 12 heteroatoms. The third-order valence-corrected chi connectivity index (χ3v) is 21.6. The van der Waals surface area contributed by atoms with E-state index in [9.17, 15) is 0 Å².